The van der Waals surface area contributed by atoms with Crippen LogP contribution in [0.25, 0.3) is 0 Å². The summed E-state index contributed by atoms with van der Waals surface area (Å²) in [6, 6.07) is 0. The average Bonchev–Trinajstić information content (AvgIpc) is 1.54. The number of rotatable bonds is 0. The number of Topliss-reactive ketones (excluding diaryl/α,β-unsaturated/α-hetero) is 2. The maximum Gasteiger partial charge on any atom is 0.300 e. The summed E-state index contributed by atoms with van der Waals surface area (Å²) in [5.41, 5.74) is 0. The molecule has 0 heterocycles. The van der Waals surface area contributed by atoms with Crippen LogP contribution >= 0.6 is 0 Å². The Morgan fingerprint density at radius 1 is 0.769 bits per heavy atom. The molecule has 0 aromatic rings. The number of carboxylic acid groups (broad SMARTS) is 1. The number of carbonyl (C=O) groups is 3. The van der Waals surface area contributed by atoms with Gasteiger partial charge < -0.3 is 14.7 Å². The number of carboxylic acids is 1. The molecule has 0 aliphatic rings. The Morgan fingerprint density at radius 3 is 0.769 bits per heavy atom. The van der Waals surface area contributed by atoms with Gasteiger partial charge in [0.1, 0.15) is 11.6 Å². The zero-order valence-corrected chi connectivity index (χ0v) is 9.73. The molecular formula is C8H16MnO4. The molecule has 0 saturated carbocycles. The first-order valence-electron chi connectivity index (χ1n) is 3.34. The summed E-state index contributed by atoms with van der Waals surface area (Å²) < 4.78 is 0. The standard InChI is InChI=1S/2C3H6O.C2H4O2.Mn/c2*1-3(2)4;1-2(3)4;/h2*1-2H3;1H3,(H,3,4);. The maximum absolute atomic E-state index is 9.44. The van der Waals surface area contributed by atoms with Crippen LogP contribution < -0.4 is 0 Å². The van der Waals surface area contributed by atoms with E-state index in [4.69, 9.17) is 9.90 Å². The van der Waals surface area contributed by atoms with E-state index in [2.05, 4.69) is 0 Å². The molecule has 0 saturated heterocycles. The van der Waals surface area contributed by atoms with Gasteiger partial charge >= 0.3 is 0 Å². The predicted molar refractivity (Wildman–Crippen MR) is 46.0 cm³/mol. The zero-order valence-electron chi connectivity index (χ0n) is 8.55. The molecule has 0 atom stereocenters. The number of hydrogen-bond acceptors (Lipinski definition) is 3. The number of hydrogen-bond donors (Lipinski definition) is 1. The topological polar surface area (TPSA) is 71.4 Å². The van der Waals surface area contributed by atoms with Crippen molar-refractivity contribution in [3.63, 3.8) is 0 Å². The second-order valence-corrected chi connectivity index (χ2v) is 2.34. The molecule has 4 nitrogen and oxygen atoms in total. The van der Waals surface area contributed by atoms with Crippen molar-refractivity contribution in [3.05, 3.63) is 0 Å². The summed E-state index contributed by atoms with van der Waals surface area (Å²) in [5.74, 6) is -0.500. The minimum atomic E-state index is -0.833. The Bertz CT molecular complexity index is 114. The fourth-order valence-electron chi connectivity index (χ4n) is 0. The van der Waals surface area contributed by atoms with E-state index in [1.165, 1.54) is 27.7 Å². The summed E-state index contributed by atoms with van der Waals surface area (Å²) in [6.07, 6.45) is 0. The third-order valence-electron chi connectivity index (χ3n) is 0. The quantitative estimate of drug-likeness (QED) is 0.637. The van der Waals surface area contributed by atoms with Gasteiger partial charge in [-0.2, -0.15) is 0 Å². The van der Waals surface area contributed by atoms with E-state index in [1.54, 1.807) is 0 Å². The van der Waals surface area contributed by atoms with E-state index in [-0.39, 0.29) is 28.6 Å². The van der Waals surface area contributed by atoms with E-state index >= 15 is 0 Å². The molecule has 0 unspecified atom stereocenters. The molecule has 0 aromatic heterocycles. The van der Waals surface area contributed by atoms with Gasteiger partial charge in [0.25, 0.3) is 5.97 Å². The molecule has 0 aliphatic carbocycles. The van der Waals surface area contributed by atoms with Crippen LogP contribution in [-0.4, -0.2) is 22.6 Å². The third kappa shape index (κ3) is 2190. The van der Waals surface area contributed by atoms with Crippen molar-refractivity contribution in [3.8, 4) is 0 Å². The molecule has 1 N–H and O–H groups in total. The molecule has 1 radical (unpaired) electrons. The van der Waals surface area contributed by atoms with Crippen LogP contribution in [0.5, 0.6) is 0 Å². The molecule has 0 rings (SSSR count). The van der Waals surface area contributed by atoms with Gasteiger partial charge in [0.2, 0.25) is 0 Å². The van der Waals surface area contributed by atoms with Gasteiger partial charge in [-0.15, -0.1) is 0 Å². The maximum atomic E-state index is 9.44. The monoisotopic (exact) mass is 231 g/mol. The van der Waals surface area contributed by atoms with E-state index in [9.17, 15) is 9.59 Å². The summed E-state index contributed by atoms with van der Waals surface area (Å²) in [7, 11) is 0. The van der Waals surface area contributed by atoms with Crippen molar-refractivity contribution in [2.24, 2.45) is 0 Å². The first-order chi connectivity index (χ1) is 5.20. The smallest absolute Gasteiger partial charge is 0.300 e. The molecule has 0 fully saturated rings. The zero-order chi connectivity index (χ0) is 10.7. The van der Waals surface area contributed by atoms with Crippen LogP contribution in [0.2, 0.25) is 0 Å². The minimum absolute atomic E-state index is 0. The number of aliphatic carboxylic acids is 1. The van der Waals surface area contributed by atoms with Crippen LogP contribution in [0.15, 0.2) is 0 Å². The van der Waals surface area contributed by atoms with E-state index in [0.717, 1.165) is 6.92 Å². The van der Waals surface area contributed by atoms with Gasteiger partial charge in [0.15, 0.2) is 0 Å². The van der Waals surface area contributed by atoms with E-state index in [1.807, 2.05) is 0 Å². The average molecular weight is 231 g/mol. The summed E-state index contributed by atoms with van der Waals surface area (Å²) in [5, 5.41) is 7.42. The molecule has 0 aromatic carbocycles. The number of ketones is 2. The van der Waals surface area contributed by atoms with Gasteiger partial charge in [-0.1, -0.05) is 0 Å². The SMILES string of the molecule is CC(=O)O.CC(C)=O.CC(C)=O.[Mn]. The Labute approximate surface area is 89.2 Å². The van der Waals surface area contributed by atoms with Crippen molar-refractivity contribution in [2.45, 2.75) is 34.6 Å². The van der Waals surface area contributed by atoms with Crippen molar-refractivity contribution in [1.29, 1.82) is 0 Å². The number of carbonyl (C=O) groups excluding carboxylic acids is 2. The fraction of sp³-hybridized carbons (Fsp3) is 0.625. The van der Waals surface area contributed by atoms with E-state index < -0.39 is 5.97 Å². The van der Waals surface area contributed by atoms with Gasteiger partial charge in [0.05, 0.1) is 0 Å². The van der Waals surface area contributed by atoms with Crippen LogP contribution in [-0.2, 0) is 31.5 Å². The Morgan fingerprint density at radius 2 is 0.769 bits per heavy atom. The Balaban J connectivity index is -0.0000000450. The normalized spacial score (nSPS) is 5.92. The summed E-state index contributed by atoms with van der Waals surface area (Å²) >= 11 is 0. The van der Waals surface area contributed by atoms with Crippen LogP contribution in [0, 0.1) is 0 Å². The van der Waals surface area contributed by atoms with Crippen LogP contribution in [0.4, 0.5) is 0 Å². The molecule has 0 bridgehead atoms. The van der Waals surface area contributed by atoms with Gasteiger partial charge in [-0.25, -0.2) is 0 Å². The minimum Gasteiger partial charge on any atom is -0.481 e. The first kappa shape index (κ1) is 22.8. The first-order valence-corrected chi connectivity index (χ1v) is 3.34. The molecule has 0 aliphatic heterocycles. The summed E-state index contributed by atoms with van der Waals surface area (Å²) in [4.78, 5) is 27.9. The molecule has 0 spiro atoms. The van der Waals surface area contributed by atoms with Gasteiger partial charge in [-0.05, 0) is 27.7 Å². The Kier molecular flexibility index (Phi) is 30.6. The molecule has 13 heavy (non-hydrogen) atoms. The van der Waals surface area contributed by atoms with Crippen molar-refractivity contribution in [1.82, 2.24) is 0 Å². The molecule has 5 heteroatoms. The third-order valence-corrected chi connectivity index (χ3v) is 0. The van der Waals surface area contributed by atoms with Crippen molar-refractivity contribution < 1.29 is 36.6 Å². The molecular weight excluding hydrogens is 215 g/mol. The Hall–Kier alpha value is -0.671. The van der Waals surface area contributed by atoms with Crippen LogP contribution in [0.1, 0.15) is 34.6 Å². The molecule has 0 amide bonds. The molecule has 79 valence electrons. The summed E-state index contributed by atoms with van der Waals surface area (Å²) in [6.45, 7) is 7.19. The van der Waals surface area contributed by atoms with Crippen molar-refractivity contribution in [2.75, 3.05) is 0 Å². The fourth-order valence-corrected chi connectivity index (χ4v) is 0. The van der Waals surface area contributed by atoms with Crippen molar-refractivity contribution >= 4 is 17.5 Å². The predicted octanol–water partition coefficient (Wildman–Crippen LogP) is 1.28. The second kappa shape index (κ2) is 17.4. The second-order valence-electron chi connectivity index (χ2n) is 2.34. The van der Waals surface area contributed by atoms with Crippen LogP contribution in [0.3, 0.4) is 0 Å². The van der Waals surface area contributed by atoms with Gasteiger partial charge in [0, 0.05) is 24.0 Å². The largest absolute Gasteiger partial charge is 0.481 e. The van der Waals surface area contributed by atoms with Gasteiger partial charge in [-0.3, -0.25) is 4.79 Å². The van der Waals surface area contributed by atoms with E-state index in [0.29, 0.717) is 0 Å².